The summed E-state index contributed by atoms with van der Waals surface area (Å²) in [5.41, 5.74) is 0.599. The van der Waals surface area contributed by atoms with Crippen LogP contribution in [0.3, 0.4) is 0 Å². The van der Waals surface area contributed by atoms with Gasteiger partial charge in [-0.15, -0.1) is 0 Å². The zero-order chi connectivity index (χ0) is 13.5. The Morgan fingerprint density at radius 3 is 2.72 bits per heavy atom. The number of carbonyl (C=O) groups excluding carboxylic acids is 2. The monoisotopic (exact) mass is 256 g/mol. The standard InChI is InChI=1S/C12H20N2O4/c1-9(11(15)17-2)4-6-14-7-5-10(8-14)13-12(16)18-3/h4,10H,5-8H2,1-3H3,(H,13,16)/b9-4-. The number of nitrogens with one attached hydrogen (secondary N) is 1. The number of esters is 1. The predicted octanol–water partition coefficient (Wildman–Crippen LogP) is 0.536. The van der Waals surface area contributed by atoms with Crippen molar-refractivity contribution in [3.05, 3.63) is 11.6 Å². The average molecular weight is 256 g/mol. The van der Waals surface area contributed by atoms with Crippen molar-refractivity contribution in [2.45, 2.75) is 19.4 Å². The molecule has 6 heteroatoms. The molecular formula is C12H20N2O4. The second-order valence-corrected chi connectivity index (χ2v) is 4.26. The zero-order valence-electron chi connectivity index (χ0n) is 11.1. The zero-order valence-corrected chi connectivity index (χ0v) is 11.1. The van der Waals surface area contributed by atoms with Gasteiger partial charge in [-0.05, 0) is 13.3 Å². The molecule has 1 fully saturated rings. The Morgan fingerprint density at radius 2 is 2.11 bits per heavy atom. The van der Waals surface area contributed by atoms with Crippen LogP contribution in [0.5, 0.6) is 0 Å². The van der Waals surface area contributed by atoms with E-state index in [4.69, 9.17) is 0 Å². The van der Waals surface area contributed by atoms with E-state index in [1.54, 1.807) is 6.92 Å². The molecule has 0 saturated carbocycles. The van der Waals surface area contributed by atoms with E-state index in [2.05, 4.69) is 19.7 Å². The molecule has 1 unspecified atom stereocenters. The lowest BCUT2D eigenvalue weighted by Crippen LogP contribution is -2.37. The molecule has 6 nitrogen and oxygen atoms in total. The third-order valence-corrected chi connectivity index (χ3v) is 2.94. The van der Waals surface area contributed by atoms with Crippen molar-refractivity contribution in [2.24, 2.45) is 0 Å². The summed E-state index contributed by atoms with van der Waals surface area (Å²) >= 11 is 0. The summed E-state index contributed by atoms with van der Waals surface area (Å²) in [6.07, 6.45) is 2.33. The fourth-order valence-corrected chi connectivity index (χ4v) is 1.85. The molecule has 1 aliphatic heterocycles. The topological polar surface area (TPSA) is 67.9 Å². The SMILES string of the molecule is COC(=O)NC1CCN(C/C=C(/C)C(=O)OC)C1. The van der Waals surface area contributed by atoms with Gasteiger partial charge in [0.05, 0.1) is 14.2 Å². The van der Waals surface area contributed by atoms with E-state index in [0.29, 0.717) is 12.1 Å². The van der Waals surface area contributed by atoms with Gasteiger partial charge in [-0.3, -0.25) is 4.90 Å². The van der Waals surface area contributed by atoms with Crippen LogP contribution in [0, 0.1) is 0 Å². The van der Waals surface area contributed by atoms with Gasteiger partial charge in [-0.25, -0.2) is 9.59 Å². The largest absolute Gasteiger partial charge is 0.466 e. The number of carbonyl (C=O) groups is 2. The molecule has 1 rings (SSSR count). The maximum atomic E-state index is 11.2. The van der Waals surface area contributed by atoms with Crippen LogP contribution < -0.4 is 5.32 Å². The lowest BCUT2D eigenvalue weighted by Gasteiger charge is -2.14. The van der Waals surface area contributed by atoms with Crippen molar-refractivity contribution < 1.29 is 19.1 Å². The number of amides is 1. The average Bonchev–Trinajstić information content (AvgIpc) is 2.82. The van der Waals surface area contributed by atoms with Crippen LogP contribution in [0.25, 0.3) is 0 Å². The molecule has 18 heavy (non-hydrogen) atoms. The number of nitrogens with zero attached hydrogens (tertiary/aromatic N) is 1. The fraction of sp³-hybridized carbons (Fsp3) is 0.667. The van der Waals surface area contributed by atoms with Crippen LogP contribution in [0.4, 0.5) is 4.79 Å². The molecule has 1 atom stereocenters. The highest BCUT2D eigenvalue weighted by Crippen LogP contribution is 2.09. The third-order valence-electron chi connectivity index (χ3n) is 2.94. The van der Waals surface area contributed by atoms with Gasteiger partial charge >= 0.3 is 12.1 Å². The van der Waals surface area contributed by atoms with Crippen molar-refractivity contribution in [1.29, 1.82) is 0 Å². The molecule has 1 amide bonds. The summed E-state index contributed by atoms with van der Waals surface area (Å²) in [4.78, 5) is 24.4. The fourth-order valence-electron chi connectivity index (χ4n) is 1.85. The van der Waals surface area contributed by atoms with Gasteiger partial charge in [-0.1, -0.05) is 6.08 Å². The van der Waals surface area contributed by atoms with Gasteiger partial charge in [-0.2, -0.15) is 0 Å². The molecule has 0 aromatic heterocycles. The van der Waals surface area contributed by atoms with E-state index < -0.39 is 6.09 Å². The molecule has 0 radical (unpaired) electrons. The van der Waals surface area contributed by atoms with Crippen molar-refractivity contribution in [3.63, 3.8) is 0 Å². The number of hydrogen-bond donors (Lipinski definition) is 1. The maximum absolute atomic E-state index is 11.2. The van der Waals surface area contributed by atoms with Gasteiger partial charge in [0.1, 0.15) is 0 Å². The van der Waals surface area contributed by atoms with Crippen LogP contribution in [0.1, 0.15) is 13.3 Å². The Kier molecular flexibility index (Phi) is 5.64. The van der Waals surface area contributed by atoms with Gasteiger partial charge in [0, 0.05) is 31.2 Å². The number of rotatable bonds is 4. The van der Waals surface area contributed by atoms with Crippen molar-refractivity contribution in [1.82, 2.24) is 10.2 Å². The normalized spacial score (nSPS) is 20.6. The van der Waals surface area contributed by atoms with Crippen LogP contribution in [0.15, 0.2) is 11.6 Å². The van der Waals surface area contributed by atoms with Crippen molar-refractivity contribution in [2.75, 3.05) is 33.9 Å². The number of alkyl carbamates (subject to hydrolysis) is 1. The first-order chi connectivity index (χ1) is 8.56. The molecule has 0 aromatic carbocycles. The van der Waals surface area contributed by atoms with Crippen LogP contribution in [-0.2, 0) is 14.3 Å². The van der Waals surface area contributed by atoms with Crippen LogP contribution in [-0.4, -0.2) is 56.9 Å². The molecule has 0 aromatic rings. The van der Waals surface area contributed by atoms with E-state index in [0.717, 1.165) is 19.5 Å². The van der Waals surface area contributed by atoms with Crippen LogP contribution >= 0.6 is 0 Å². The van der Waals surface area contributed by atoms with Gasteiger partial charge < -0.3 is 14.8 Å². The molecule has 1 N–H and O–H groups in total. The molecule has 1 aliphatic rings. The molecule has 0 bridgehead atoms. The van der Waals surface area contributed by atoms with E-state index in [-0.39, 0.29) is 12.0 Å². The predicted molar refractivity (Wildman–Crippen MR) is 66.2 cm³/mol. The summed E-state index contributed by atoms with van der Waals surface area (Å²) in [5.74, 6) is -0.307. The first-order valence-corrected chi connectivity index (χ1v) is 5.88. The Bertz CT molecular complexity index is 341. The highest BCUT2D eigenvalue weighted by Gasteiger charge is 2.23. The molecule has 0 aliphatic carbocycles. The Balaban J connectivity index is 2.34. The minimum absolute atomic E-state index is 0.115. The smallest absolute Gasteiger partial charge is 0.407 e. The second-order valence-electron chi connectivity index (χ2n) is 4.26. The molecule has 0 spiro atoms. The number of hydrogen-bond acceptors (Lipinski definition) is 5. The number of likely N-dealkylation sites (tertiary alicyclic amines) is 1. The maximum Gasteiger partial charge on any atom is 0.407 e. The van der Waals surface area contributed by atoms with E-state index in [9.17, 15) is 9.59 Å². The second kappa shape index (κ2) is 7.00. The molecular weight excluding hydrogens is 236 g/mol. The molecule has 1 heterocycles. The first-order valence-electron chi connectivity index (χ1n) is 5.88. The van der Waals surface area contributed by atoms with E-state index in [1.807, 2.05) is 6.08 Å². The lowest BCUT2D eigenvalue weighted by molar-refractivity contribution is -0.136. The van der Waals surface area contributed by atoms with Gasteiger partial charge in [0.15, 0.2) is 0 Å². The number of ether oxygens (including phenoxy) is 2. The third kappa shape index (κ3) is 4.37. The summed E-state index contributed by atoms with van der Waals surface area (Å²) in [5, 5.41) is 2.76. The summed E-state index contributed by atoms with van der Waals surface area (Å²) in [7, 11) is 2.72. The summed E-state index contributed by atoms with van der Waals surface area (Å²) in [6.45, 7) is 4.06. The Labute approximate surface area is 107 Å². The summed E-state index contributed by atoms with van der Waals surface area (Å²) in [6, 6.07) is 0.115. The van der Waals surface area contributed by atoms with Gasteiger partial charge in [0.2, 0.25) is 0 Å². The quantitative estimate of drug-likeness (QED) is 0.587. The lowest BCUT2D eigenvalue weighted by atomic mass is 10.3. The minimum Gasteiger partial charge on any atom is -0.466 e. The van der Waals surface area contributed by atoms with E-state index >= 15 is 0 Å². The van der Waals surface area contributed by atoms with Crippen molar-refractivity contribution >= 4 is 12.1 Å². The molecule has 102 valence electrons. The molecule has 1 saturated heterocycles. The first kappa shape index (κ1) is 14.5. The number of methoxy groups -OCH3 is 2. The summed E-state index contributed by atoms with van der Waals surface area (Å²) < 4.78 is 9.17. The van der Waals surface area contributed by atoms with Crippen molar-refractivity contribution in [3.8, 4) is 0 Å². The highest BCUT2D eigenvalue weighted by atomic mass is 16.5. The van der Waals surface area contributed by atoms with E-state index in [1.165, 1.54) is 14.2 Å². The Morgan fingerprint density at radius 1 is 1.39 bits per heavy atom. The minimum atomic E-state index is -0.400. The van der Waals surface area contributed by atoms with Crippen LogP contribution in [0.2, 0.25) is 0 Å². The highest BCUT2D eigenvalue weighted by molar-refractivity contribution is 5.87. The Hall–Kier alpha value is -1.56. The van der Waals surface area contributed by atoms with Gasteiger partial charge in [0.25, 0.3) is 0 Å².